The van der Waals surface area contributed by atoms with E-state index < -0.39 is 21.4 Å². The van der Waals surface area contributed by atoms with E-state index in [1.165, 1.54) is 30.3 Å². The van der Waals surface area contributed by atoms with Crippen molar-refractivity contribution in [2.45, 2.75) is 10.6 Å². The molecule has 0 radical (unpaired) electrons. The molecular weight excluding hydrogens is 359 g/mol. The fourth-order valence-electron chi connectivity index (χ4n) is 1.79. The molecule has 0 unspecified atom stereocenters. The number of halogens is 2. The number of nitriles is 1. The van der Waals surface area contributed by atoms with Crippen LogP contribution >= 0.6 is 15.9 Å². The van der Waals surface area contributed by atoms with Crippen molar-refractivity contribution in [3.05, 3.63) is 57.8 Å². The van der Waals surface area contributed by atoms with Gasteiger partial charge >= 0.3 is 0 Å². The van der Waals surface area contributed by atoms with Gasteiger partial charge in [-0.1, -0.05) is 6.07 Å². The average Bonchev–Trinajstić information content (AvgIpc) is 2.40. The van der Waals surface area contributed by atoms with Crippen LogP contribution in [-0.2, 0) is 15.6 Å². The smallest absolute Gasteiger partial charge is 0.183 e. The Morgan fingerprint density at radius 3 is 2.52 bits per heavy atom. The molecule has 0 spiro atoms. The summed E-state index contributed by atoms with van der Waals surface area (Å²) in [4.78, 5) is 0.0421. The molecule has 0 saturated heterocycles. The normalized spacial score (nSPS) is 11.1. The van der Waals surface area contributed by atoms with Crippen molar-refractivity contribution in [2.75, 3.05) is 5.73 Å². The number of anilines is 1. The molecule has 0 saturated carbocycles. The minimum absolute atomic E-state index is 0.0118. The lowest BCUT2D eigenvalue weighted by Crippen LogP contribution is -2.07. The third kappa shape index (κ3) is 3.40. The van der Waals surface area contributed by atoms with Crippen LogP contribution < -0.4 is 5.73 Å². The first-order valence-electron chi connectivity index (χ1n) is 5.80. The third-order valence-corrected chi connectivity index (χ3v) is 5.45. The van der Waals surface area contributed by atoms with Crippen molar-refractivity contribution in [2.24, 2.45) is 0 Å². The minimum atomic E-state index is -3.73. The highest BCUT2D eigenvalue weighted by atomic mass is 79.9. The van der Waals surface area contributed by atoms with E-state index >= 15 is 0 Å². The summed E-state index contributed by atoms with van der Waals surface area (Å²) in [6.07, 6.45) is 0. The Kier molecular flexibility index (Phi) is 4.30. The molecule has 0 fully saturated rings. The zero-order valence-corrected chi connectivity index (χ0v) is 13.1. The summed E-state index contributed by atoms with van der Waals surface area (Å²) in [5.41, 5.74) is 6.14. The van der Waals surface area contributed by atoms with Crippen LogP contribution in [0.3, 0.4) is 0 Å². The molecule has 0 aliphatic heterocycles. The maximum absolute atomic E-state index is 13.8. The van der Waals surface area contributed by atoms with Crippen molar-refractivity contribution >= 4 is 31.5 Å². The monoisotopic (exact) mass is 368 g/mol. The summed E-state index contributed by atoms with van der Waals surface area (Å²) in [5.74, 6) is -1.21. The van der Waals surface area contributed by atoms with E-state index in [4.69, 9.17) is 11.0 Å². The maximum atomic E-state index is 13.8. The highest BCUT2D eigenvalue weighted by molar-refractivity contribution is 9.10. The van der Waals surface area contributed by atoms with E-state index in [1.807, 2.05) is 0 Å². The SMILES string of the molecule is N#Cc1ccc(CS(=O)(=O)c2ccc(N)cc2Br)c(F)c1. The number of hydrogen-bond donors (Lipinski definition) is 1. The molecule has 0 aliphatic carbocycles. The number of nitrogen functional groups attached to an aromatic ring is 1. The van der Waals surface area contributed by atoms with Gasteiger partial charge in [-0.15, -0.1) is 0 Å². The molecule has 2 N–H and O–H groups in total. The van der Waals surface area contributed by atoms with Gasteiger partial charge in [0, 0.05) is 15.7 Å². The largest absolute Gasteiger partial charge is 0.399 e. The van der Waals surface area contributed by atoms with Crippen molar-refractivity contribution < 1.29 is 12.8 Å². The van der Waals surface area contributed by atoms with Crippen LogP contribution in [0.2, 0.25) is 0 Å². The first-order valence-corrected chi connectivity index (χ1v) is 8.24. The van der Waals surface area contributed by atoms with Crippen LogP contribution in [0.25, 0.3) is 0 Å². The van der Waals surface area contributed by atoms with E-state index in [1.54, 1.807) is 6.07 Å². The van der Waals surface area contributed by atoms with Gasteiger partial charge in [0.2, 0.25) is 0 Å². The summed E-state index contributed by atoms with van der Waals surface area (Å²) in [7, 11) is -3.73. The topological polar surface area (TPSA) is 84.0 Å². The molecule has 0 aromatic heterocycles. The Morgan fingerprint density at radius 1 is 1.24 bits per heavy atom. The highest BCUT2D eigenvalue weighted by Gasteiger charge is 2.20. The van der Waals surface area contributed by atoms with Crippen molar-refractivity contribution in [3.8, 4) is 6.07 Å². The van der Waals surface area contributed by atoms with E-state index in [2.05, 4.69) is 15.9 Å². The molecule has 2 rings (SSSR count). The zero-order chi connectivity index (χ0) is 15.6. The molecule has 0 aliphatic rings. The summed E-state index contributed by atoms with van der Waals surface area (Å²) in [6.45, 7) is 0. The van der Waals surface area contributed by atoms with Crippen molar-refractivity contribution in [1.82, 2.24) is 0 Å². The second-order valence-electron chi connectivity index (χ2n) is 4.37. The second kappa shape index (κ2) is 5.84. The van der Waals surface area contributed by atoms with Gasteiger partial charge in [0.1, 0.15) is 5.82 Å². The molecular formula is C14H10BrFN2O2S. The highest BCUT2D eigenvalue weighted by Crippen LogP contribution is 2.27. The Labute approximate surface area is 130 Å². The molecule has 2 aromatic carbocycles. The van der Waals surface area contributed by atoms with Gasteiger partial charge in [-0.3, -0.25) is 0 Å². The van der Waals surface area contributed by atoms with Crippen LogP contribution in [0.15, 0.2) is 45.8 Å². The molecule has 0 amide bonds. The van der Waals surface area contributed by atoms with Crippen LogP contribution in [-0.4, -0.2) is 8.42 Å². The number of benzene rings is 2. The Morgan fingerprint density at radius 2 is 1.95 bits per heavy atom. The Balaban J connectivity index is 2.40. The standard InChI is InChI=1S/C14H10BrFN2O2S/c15-12-6-11(18)3-4-14(12)21(19,20)8-10-2-1-9(7-17)5-13(10)16/h1-6H,8,18H2. The van der Waals surface area contributed by atoms with Crippen LogP contribution in [0, 0.1) is 17.1 Å². The molecule has 0 bridgehead atoms. The number of nitrogens with zero attached hydrogens (tertiary/aromatic N) is 1. The van der Waals surface area contributed by atoms with Crippen LogP contribution in [0.5, 0.6) is 0 Å². The molecule has 7 heteroatoms. The lowest BCUT2D eigenvalue weighted by Gasteiger charge is -2.08. The van der Waals surface area contributed by atoms with Gasteiger partial charge in [0.05, 0.1) is 22.3 Å². The Hall–Kier alpha value is -1.91. The molecule has 2 aromatic rings. The zero-order valence-electron chi connectivity index (χ0n) is 10.7. The van der Waals surface area contributed by atoms with Gasteiger partial charge in [0.25, 0.3) is 0 Å². The Bertz CT molecular complexity index is 845. The molecule has 108 valence electrons. The minimum Gasteiger partial charge on any atom is -0.399 e. The number of rotatable bonds is 3. The summed E-state index contributed by atoms with van der Waals surface area (Å²) in [6, 6.07) is 9.80. The second-order valence-corrected chi connectivity index (χ2v) is 7.18. The van der Waals surface area contributed by atoms with Gasteiger partial charge in [-0.2, -0.15) is 5.26 Å². The predicted molar refractivity (Wildman–Crippen MR) is 80.6 cm³/mol. The van der Waals surface area contributed by atoms with Crippen molar-refractivity contribution in [1.29, 1.82) is 5.26 Å². The van der Waals surface area contributed by atoms with E-state index in [-0.39, 0.29) is 16.0 Å². The predicted octanol–water partition coefficient (Wildman–Crippen LogP) is 3.02. The summed E-state index contributed by atoms with van der Waals surface area (Å²) in [5, 5.41) is 8.67. The molecule has 0 atom stereocenters. The van der Waals surface area contributed by atoms with E-state index in [9.17, 15) is 12.8 Å². The van der Waals surface area contributed by atoms with Gasteiger partial charge < -0.3 is 5.73 Å². The fraction of sp³-hybridized carbons (Fsp3) is 0.0714. The third-order valence-electron chi connectivity index (χ3n) is 2.82. The quantitative estimate of drug-likeness (QED) is 0.843. The molecule has 4 nitrogen and oxygen atoms in total. The van der Waals surface area contributed by atoms with E-state index in [0.29, 0.717) is 10.2 Å². The summed E-state index contributed by atoms with van der Waals surface area (Å²) >= 11 is 3.14. The van der Waals surface area contributed by atoms with Crippen molar-refractivity contribution in [3.63, 3.8) is 0 Å². The van der Waals surface area contributed by atoms with Gasteiger partial charge in [-0.25, -0.2) is 12.8 Å². The van der Waals surface area contributed by atoms with Crippen LogP contribution in [0.4, 0.5) is 10.1 Å². The fourth-order valence-corrected chi connectivity index (χ4v) is 4.35. The van der Waals surface area contributed by atoms with E-state index in [0.717, 1.165) is 6.07 Å². The van der Waals surface area contributed by atoms with Gasteiger partial charge in [-0.05, 0) is 46.3 Å². The maximum Gasteiger partial charge on any atom is 0.183 e. The van der Waals surface area contributed by atoms with Gasteiger partial charge in [0.15, 0.2) is 9.84 Å². The molecule has 21 heavy (non-hydrogen) atoms. The molecule has 0 heterocycles. The average molecular weight is 369 g/mol. The lowest BCUT2D eigenvalue weighted by molar-refractivity contribution is 0.586. The first kappa shape index (κ1) is 15.5. The van der Waals surface area contributed by atoms with Crippen LogP contribution in [0.1, 0.15) is 11.1 Å². The number of nitrogens with two attached hydrogens (primary N) is 1. The number of hydrogen-bond acceptors (Lipinski definition) is 4. The lowest BCUT2D eigenvalue weighted by atomic mass is 10.1. The summed E-state index contributed by atoms with van der Waals surface area (Å²) < 4.78 is 38.8. The number of sulfone groups is 1. The first-order chi connectivity index (χ1) is 9.83.